The molecule has 1 radical (unpaired) electrons. The molecule has 0 saturated heterocycles. The van der Waals surface area contributed by atoms with Crippen molar-refractivity contribution in [2.75, 3.05) is 13.6 Å². The maximum absolute atomic E-state index is 3.97. The highest BCUT2D eigenvalue weighted by Gasteiger charge is 1.90. The third-order valence-corrected chi connectivity index (χ3v) is 0.887. The van der Waals surface area contributed by atoms with E-state index in [-0.39, 0.29) is 0 Å². The molecule has 0 saturated carbocycles. The van der Waals surface area contributed by atoms with E-state index in [1.807, 2.05) is 14.0 Å². The molecule has 0 fully saturated rings. The molecule has 0 aliphatic rings. The van der Waals surface area contributed by atoms with Gasteiger partial charge in [-0.05, 0) is 13.5 Å². The zero-order chi connectivity index (χ0) is 5.70. The quantitative estimate of drug-likeness (QED) is 0.539. The van der Waals surface area contributed by atoms with E-state index >= 15 is 0 Å². The summed E-state index contributed by atoms with van der Waals surface area (Å²) in [4.78, 5) is 0. The molecule has 0 amide bonds. The van der Waals surface area contributed by atoms with Crippen molar-refractivity contribution < 1.29 is 0 Å². The van der Waals surface area contributed by atoms with E-state index in [4.69, 9.17) is 0 Å². The van der Waals surface area contributed by atoms with E-state index in [0.29, 0.717) is 6.17 Å². The highest BCUT2D eigenvalue weighted by molar-refractivity contribution is 4.48. The van der Waals surface area contributed by atoms with Crippen molar-refractivity contribution in [2.24, 2.45) is 0 Å². The molecule has 1 N–H and O–H groups in total. The van der Waals surface area contributed by atoms with Crippen LogP contribution in [0.3, 0.4) is 0 Å². The smallest absolute Gasteiger partial charge is 0.0703 e. The fourth-order valence-corrected chi connectivity index (χ4v) is 0.387. The summed E-state index contributed by atoms with van der Waals surface area (Å²) >= 11 is 0. The molecule has 1 unspecified atom stereocenters. The Balaban J connectivity index is 2.83. The van der Waals surface area contributed by atoms with Gasteiger partial charge in [-0.3, -0.25) is 0 Å². The van der Waals surface area contributed by atoms with Crippen molar-refractivity contribution in [1.29, 1.82) is 0 Å². The molecule has 0 aromatic heterocycles. The Morgan fingerprint density at radius 3 is 2.43 bits per heavy atom. The lowest BCUT2D eigenvalue weighted by Gasteiger charge is -2.06. The Labute approximate surface area is 45.3 Å². The van der Waals surface area contributed by atoms with E-state index < -0.39 is 0 Å². The van der Waals surface area contributed by atoms with Gasteiger partial charge in [0.25, 0.3) is 0 Å². The first kappa shape index (κ1) is 6.92. The molecule has 1 atom stereocenters. The first-order valence-corrected chi connectivity index (χ1v) is 2.63. The second-order valence-electron chi connectivity index (χ2n) is 1.49. The average Bonchev–Trinajstić information content (AvgIpc) is 1.68. The van der Waals surface area contributed by atoms with Crippen LogP contribution in [-0.2, 0) is 0 Å². The van der Waals surface area contributed by atoms with Gasteiger partial charge in [-0.2, -0.15) is 0 Å². The van der Waals surface area contributed by atoms with Crippen LogP contribution in [0.2, 0.25) is 0 Å². The molecule has 0 heterocycles. The molecule has 0 aliphatic heterocycles. The number of hydrogen-bond donors (Lipinski definition) is 1. The fraction of sp³-hybridized carbons (Fsp3) is 1.00. The minimum Gasteiger partial charge on any atom is -0.301 e. The van der Waals surface area contributed by atoms with Crippen LogP contribution in [0.25, 0.3) is 0 Å². The summed E-state index contributed by atoms with van der Waals surface area (Å²) in [6, 6.07) is 0. The lowest BCUT2D eigenvalue weighted by atomic mass is 10.5. The second-order valence-corrected chi connectivity index (χ2v) is 1.49. The van der Waals surface area contributed by atoms with Gasteiger partial charge < -0.3 is 5.32 Å². The summed E-state index contributed by atoms with van der Waals surface area (Å²) in [6.45, 7) is 5.10. The van der Waals surface area contributed by atoms with Crippen LogP contribution in [0.5, 0.6) is 0 Å². The zero-order valence-electron chi connectivity index (χ0n) is 5.23. The molecular weight excluding hydrogens is 88.1 g/mol. The van der Waals surface area contributed by atoms with Crippen LogP contribution in [-0.4, -0.2) is 19.8 Å². The van der Waals surface area contributed by atoms with Crippen LogP contribution in [0.4, 0.5) is 0 Å². The highest BCUT2D eigenvalue weighted by atomic mass is 15.1. The lowest BCUT2D eigenvalue weighted by molar-refractivity contribution is 0.496. The molecule has 0 rings (SSSR count). The molecule has 0 spiro atoms. The minimum absolute atomic E-state index is 0.324. The summed E-state index contributed by atoms with van der Waals surface area (Å²) in [5, 5.41) is 7.10. The number of nitrogens with one attached hydrogen (secondary N) is 1. The maximum atomic E-state index is 3.97. The molecule has 0 aromatic rings. The number of rotatable bonds is 3. The summed E-state index contributed by atoms with van der Waals surface area (Å²) < 4.78 is 0. The Hall–Kier alpha value is -0.0800. The van der Waals surface area contributed by atoms with E-state index in [2.05, 4.69) is 17.6 Å². The maximum Gasteiger partial charge on any atom is 0.0703 e. The molecule has 2 nitrogen and oxygen atoms in total. The monoisotopic (exact) mass is 101 g/mol. The van der Waals surface area contributed by atoms with Crippen molar-refractivity contribution in [3.63, 3.8) is 0 Å². The average molecular weight is 101 g/mol. The summed E-state index contributed by atoms with van der Waals surface area (Å²) in [6.07, 6.45) is 0.324. The van der Waals surface area contributed by atoms with Crippen LogP contribution >= 0.6 is 0 Å². The normalized spacial score (nSPS) is 14.1. The van der Waals surface area contributed by atoms with E-state index in [1.165, 1.54) is 0 Å². The van der Waals surface area contributed by atoms with Gasteiger partial charge in [-0.1, -0.05) is 6.92 Å². The van der Waals surface area contributed by atoms with Gasteiger partial charge in [-0.25, -0.2) is 5.32 Å². The van der Waals surface area contributed by atoms with Crippen LogP contribution in [0.1, 0.15) is 13.8 Å². The van der Waals surface area contributed by atoms with Crippen molar-refractivity contribution in [3.05, 3.63) is 0 Å². The first-order chi connectivity index (χ1) is 3.31. The first-order valence-electron chi connectivity index (χ1n) is 2.63. The van der Waals surface area contributed by atoms with Crippen LogP contribution < -0.4 is 10.6 Å². The topological polar surface area (TPSA) is 26.1 Å². The van der Waals surface area contributed by atoms with Crippen molar-refractivity contribution >= 4 is 0 Å². The SMILES string of the molecule is CCNC(C)[N]C. The summed E-state index contributed by atoms with van der Waals surface area (Å²) in [5.74, 6) is 0. The van der Waals surface area contributed by atoms with Gasteiger partial charge in [-0.15, -0.1) is 0 Å². The standard InChI is InChI=1S/C5H13N2/c1-4-7-5(2)6-3/h5,7H,4H2,1-3H3. The second kappa shape index (κ2) is 4.09. The van der Waals surface area contributed by atoms with Gasteiger partial charge in [0.2, 0.25) is 0 Å². The van der Waals surface area contributed by atoms with E-state index in [9.17, 15) is 0 Å². The fourth-order valence-electron chi connectivity index (χ4n) is 0.387. The summed E-state index contributed by atoms with van der Waals surface area (Å²) in [7, 11) is 1.81. The predicted molar refractivity (Wildman–Crippen MR) is 31.2 cm³/mol. The molecule has 0 aromatic carbocycles. The summed E-state index contributed by atoms with van der Waals surface area (Å²) in [5.41, 5.74) is 0. The predicted octanol–water partition coefficient (Wildman–Crippen LogP) is 0.176. The molecule has 0 aliphatic carbocycles. The largest absolute Gasteiger partial charge is 0.301 e. The molecule has 7 heavy (non-hydrogen) atoms. The van der Waals surface area contributed by atoms with Gasteiger partial charge in [0.15, 0.2) is 0 Å². The van der Waals surface area contributed by atoms with Crippen LogP contribution in [0, 0.1) is 0 Å². The molecule has 2 heteroatoms. The van der Waals surface area contributed by atoms with Crippen molar-refractivity contribution in [1.82, 2.24) is 10.6 Å². The third-order valence-electron chi connectivity index (χ3n) is 0.887. The minimum atomic E-state index is 0.324. The van der Waals surface area contributed by atoms with Gasteiger partial charge in [0.05, 0.1) is 6.17 Å². The molecule has 43 valence electrons. The Morgan fingerprint density at radius 1 is 1.71 bits per heavy atom. The van der Waals surface area contributed by atoms with Gasteiger partial charge in [0, 0.05) is 7.05 Å². The zero-order valence-corrected chi connectivity index (χ0v) is 5.23. The lowest BCUT2D eigenvalue weighted by Crippen LogP contribution is -2.32. The van der Waals surface area contributed by atoms with Gasteiger partial charge >= 0.3 is 0 Å². The van der Waals surface area contributed by atoms with Gasteiger partial charge in [0.1, 0.15) is 0 Å². The van der Waals surface area contributed by atoms with Crippen molar-refractivity contribution in [3.8, 4) is 0 Å². The molecule has 0 bridgehead atoms. The molecular formula is C5H13N2. The number of nitrogens with zero attached hydrogens (tertiary/aromatic N) is 1. The Bertz CT molecular complexity index is 37.1. The van der Waals surface area contributed by atoms with Crippen molar-refractivity contribution in [2.45, 2.75) is 20.0 Å². The van der Waals surface area contributed by atoms with Crippen LogP contribution in [0.15, 0.2) is 0 Å². The number of hydrogen-bond acceptors (Lipinski definition) is 1. The van der Waals surface area contributed by atoms with E-state index in [1.54, 1.807) is 0 Å². The highest BCUT2D eigenvalue weighted by Crippen LogP contribution is 1.69. The Kier molecular flexibility index (Phi) is 4.04. The third kappa shape index (κ3) is 3.76. The van der Waals surface area contributed by atoms with E-state index in [0.717, 1.165) is 6.54 Å². The Morgan fingerprint density at radius 2 is 2.29 bits per heavy atom.